The zero-order valence-electron chi connectivity index (χ0n) is 21.6. The number of hydrogen-bond acceptors (Lipinski definition) is 6. The van der Waals surface area contributed by atoms with E-state index in [1.165, 1.54) is 0 Å². The fourth-order valence-electron chi connectivity index (χ4n) is 7.68. The standard InChI is InChI=1S/C26H43N3O4/c1-22(2)14-18(15-23(3,4)27-22)20(21(31)33-32)26(29-13-11-9-10-12-19(29)30)16-24(5,6)28-25(7,8)17-26/h9-12,18,20,27-28,32H,13-17H2,1-8H3. The van der Waals surface area contributed by atoms with Crippen molar-refractivity contribution < 1.29 is 19.7 Å². The van der Waals surface area contributed by atoms with Crippen LogP contribution in [-0.4, -0.2) is 56.3 Å². The van der Waals surface area contributed by atoms with Crippen LogP contribution in [0, 0.1) is 11.8 Å². The zero-order valence-corrected chi connectivity index (χ0v) is 21.6. The van der Waals surface area contributed by atoms with Crippen molar-refractivity contribution in [2.24, 2.45) is 11.8 Å². The van der Waals surface area contributed by atoms with Gasteiger partial charge in [0.05, 0.1) is 11.5 Å². The van der Waals surface area contributed by atoms with Gasteiger partial charge in [0.25, 0.3) is 0 Å². The van der Waals surface area contributed by atoms with Gasteiger partial charge in [0.2, 0.25) is 5.91 Å². The number of allylic oxidation sites excluding steroid dienone is 2. The van der Waals surface area contributed by atoms with Gasteiger partial charge in [-0.2, -0.15) is 5.26 Å². The molecule has 2 fully saturated rings. The third-order valence-corrected chi connectivity index (χ3v) is 7.37. The number of nitrogens with one attached hydrogen (secondary N) is 2. The molecular weight excluding hydrogens is 418 g/mol. The summed E-state index contributed by atoms with van der Waals surface area (Å²) in [4.78, 5) is 33.3. The largest absolute Gasteiger partial charge is 0.347 e. The third kappa shape index (κ3) is 5.52. The van der Waals surface area contributed by atoms with Gasteiger partial charge in [-0.25, -0.2) is 4.79 Å². The minimum absolute atomic E-state index is 0.0791. The summed E-state index contributed by atoms with van der Waals surface area (Å²) >= 11 is 0. The molecule has 33 heavy (non-hydrogen) atoms. The topological polar surface area (TPSA) is 90.9 Å². The maximum absolute atomic E-state index is 13.5. The number of amides is 1. The first-order valence-corrected chi connectivity index (χ1v) is 12.1. The molecule has 0 aromatic heterocycles. The van der Waals surface area contributed by atoms with E-state index in [0.29, 0.717) is 19.4 Å². The molecule has 0 aromatic carbocycles. The quantitative estimate of drug-likeness (QED) is 0.436. The van der Waals surface area contributed by atoms with Crippen molar-refractivity contribution >= 4 is 11.9 Å². The highest BCUT2D eigenvalue weighted by Crippen LogP contribution is 2.51. The summed E-state index contributed by atoms with van der Waals surface area (Å²) in [5.74, 6) is -1.51. The summed E-state index contributed by atoms with van der Waals surface area (Å²) < 4.78 is 0. The first-order valence-electron chi connectivity index (χ1n) is 12.1. The molecule has 0 saturated carbocycles. The summed E-state index contributed by atoms with van der Waals surface area (Å²) in [6.07, 6.45) is 9.78. The fourth-order valence-corrected chi connectivity index (χ4v) is 7.68. The van der Waals surface area contributed by atoms with E-state index in [9.17, 15) is 14.8 Å². The Hall–Kier alpha value is -1.70. The molecule has 3 heterocycles. The minimum atomic E-state index is -0.831. The van der Waals surface area contributed by atoms with Crippen molar-refractivity contribution in [2.45, 2.75) is 109 Å². The summed E-state index contributed by atoms with van der Waals surface area (Å²) in [7, 11) is 0. The van der Waals surface area contributed by atoms with Gasteiger partial charge in [0.15, 0.2) is 0 Å². The van der Waals surface area contributed by atoms with Crippen LogP contribution in [0.2, 0.25) is 0 Å². The van der Waals surface area contributed by atoms with E-state index in [2.05, 4.69) is 70.9 Å². The molecule has 0 spiro atoms. The second kappa shape index (κ2) is 8.51. The predicted molar refractivity (Wildman–Crippen MR) is 129 cm³/mol. The number of carbonyl (C=O) groups excluding carboxylic acids is 2. The van der Waals surface area contributed by atoms with Crippen molar-refractivity contribution in [3.8, 4) is 0 Å². The van der Waals surface area contributed by atoms with Gasteiger partial charge in [-0.1, -0.05) is 18.2 Å². The SMILES string of the molecule is CC1(C)CC(C(C(=O)OO)C2(N3CC=CC=CC3=O)CC(C)(C)NC(C)(C)C2)CC(C)(C)N1. The van der Waals surface area contributed by atoms with Crippen LogP contribution in [0.15, 0.2) is 24.3 Å². The third-order valence-electron chi connectivity index (χ3n) is 7.37. The molecule has 3 aliphatic rings. The predicted octanol–water partition coefficient (Wildman–Crippen LogP) is 3.81. The van der Waals surface area contributed by atoms with E-state index in [0.717, 1.165) is 12.8 Å². The van der Waals surface area contributed by atoms with Crippen LogP contribution < -0.4 is 10.6 Å². The Labute approximate surface area is 198 Å². The van der Waals surface area contributed by atoms with Crippen LogP contribution >= 0.6 is 0 Å². The molecular formula is C26H43N3O4. The second-order valence-corrected chi connectivity index (χ2v) is 13.0. The summed E-state index contributed by atoms with van der Waals surface area (Å²) in [6, 6.07) is 0. The molecule has 1 amide bonds. The molecule has 0 bridgehead atoms. The van der Waals surface area contributed by atoms with Crippen molar-refractivity contribution in [2.75, 3.05) is 6.54 Å². The first-order chi connectivity index (χ1) is 15.0. The normalized spacial score (nSPS) is 28.8. The monoisotopic (exact) mass is 461 g/mol. The lowest BCUT2D eigenvalue weighted by atomic mass is 9.57. The number of rotatable bonds is 4. The highest BCUT2D eigenvalue weighted by molar-refractivity contribution is 5.90. The number of nitrogens with zero attached hydrogens (tertiary/aromatic N) is 1. The Morgan fingerprint density at radius 3 is 2.00 bits per heavy atom. The molecule has 0 aromatic rings. The first kappa shape index (κ1) is 25.9. The summed E-state index contributed by atoms with van der Waals surface area (Å²) in [6.45, 7) is 17.5. The van der Waals surface area contributed by atoms with Crippen molar-refractivity contribution in [1.82, 2.24) is 15.5 Å². The number of piperidine rings is 2. The average molecular weight is 462 g/mol. The van der Waals surface area contributed by atoms with Gasteiger partial charge in [-0.05, 0) is 87.0 Å². The molecule has 3 rings (SSSR count). The van der Waals surface area contributed by atoms with Crippen molar-refractivity contribution in [3.63, 3.8) is 0 Å². The molecule has 1 unspecified atom stereocenters. The summed E-state index contributed by atoms with van der Waals surface area (Å²) in [5, 5.41) is 17.1. The van der Waals surface area contributed by atoms with Crippen molar-refractivity contribution in [1.29, 1.82) is 0 Å². The smallest absolute Gasteiger partial charge is 0.329 e. The van der Waals surface area contributed by atoms with E-state index in [1.807, 2.05) is 17.1 Å². The van der Waals surface area contributed by atoms with Crippen LogP contribution in [0.5, 0.6) is 0 Å². The highest BCUT2D eigenvalue weighted by Gasteiger charge is 2.61. The molecule has 0 radical (unpaired) electrons. The van der Waals surface area contributed by atoms with Crippen LogP contribution in [0.25, 0.3) is 0 Å². The minimum Gasteiger partial charge on any atom is -0.329 e. The van der Waals surface area contributed by atoms with Gasteiger partial charge in [-0.15, -0.1) is 0 Å². The molecule has 0 aliphatic carbocycles. The van der Waals surface area contributed by atoms with E-state index >= 15 is 0 Å². The van der Waals surface area contributed by atoms with Gasteiger partial charge in [0, 0.05) is 34.8 Å². The Morgan fingerprint density at radius 1 is 0.970 bits per heavy atom. The highest BCUT2D eigenvalue weighted by atomic mass is 17.1. The van der Waals surface area contributed by atoms with Crippen LogP contribution in [-0.2, 0) is 14.5 Å². The lowest BCUT2D eigenvalue weighted by Gasteiger charge is -2.61. The Bertz CT molecular complexity index is 808. The van der Waals surface area contributed by atoms with Gasteiger partial charge in [0.1, 0.15) is 0 Å². The Kier molecular flexibility index (Phi) is 6.68. The maximum atomic E-state index is 13.5. The molecule has 3 aliphatic heterocycles. The molecule has 3 N–H and O–H groups in total. The number of carbonyl (C=O) groups is 2. The van der Waals surface area contributed by atoms with Gasteiger partial charge < -0.3 is 20.4 Å². The Balaban J connectivity index is 2.23. The van der Waals surface area contributed by atoms with Crippen LogP contribution in [0.3, 0.4) is 0 Å². The van der Waals surface area contributed by atoms with Crippen molar-refractivity contribution in [3.05, 3.63) is 24.3 Å². The van der Waals surface area contributed by atoms with Crippen LogP contribution in [0.4, 0.5) is 0 Å². The maximum Gasteiger partial charge on any atom is 0.347 e. The molecule has 2 saturated heterocycles. The second-order valence-electron chi connectivity index (χ2n) is 13.0. The molecule has 7 nitrogen and oxygen atoms in total. The van der Waals surface area contributed by atoms with E-state index in [4.69, 9.17) is 0 Å². The lowest BCUT2D eigenvalue weighted by molar-refractivity contribution is -0.248. The average Bonchev–Trinajstić information content (AvgIpc) is 2.81. The van der Waals surface area contributed by atoms with Gasteiger partial charge in [-0.3, -0.25) is 4.79 Å². The number of hydrogen-bond donors (Lipinski definition) is 3. The Morgan fingerprint density at radius 2 is 1.48 bits per heavy atom. The lowest BCUT2D eigenvalue weighted by Crippen LogP contribution is -2.73. The molecule has 7 heteroatoms. The van der Waals surface area contributed by atoms with E-state index in [1.54, 1.807) is 12.2 Å². The summed E-state index contributed by atoms with van der Waals surface area (Å²) in [5.41, 5.74) is -1.92. The van der Waals surface area contributed by atoms with Crippen LogP contribution in [0.1, 0.15) is 81.1 Å². The van der Waals surface area contributed by atoms with Gasteiger partial charge >= 0.3 is 5.97 Å². The van der Waals surface area contributed by atoms with E-state index in [-0.39, 0.29) is 34.0 Å². The van der Waals surface area contributed by atoms with E-state index < -0.39 is 17.4 Å². The zero-order chi connectivity index (χ0) is 24.9. The molecule has 1 atom stereocenters. The fraction of sp³-hybridized carbons (Fsp3) is 0.769. The molecule has 186 valence electrons.